The maximum atomic E-state index is 13.3. The van der Waals surface area contributed by atoms with E-state index in [1.807, 2.05) is 6.92 Å². The molecule has 0 saturated heterocycles. The lowest BCUT2D eigenvalue weighted by atomic mass is 10.1. The molecule has 2 amide bonds. The number of amides is 2. The molecule has 2 N–H and O–H groups in total. The molecule has 7 nitrogen and oxygen atoms in total. The Bertz CT molecular complexity index is 1220. The van der Waals surface area contributed by atoms with E-state index in [0.717, 1.165) is 5.56 Å². The summed E-state index contributed by atoms with van der Waals surface area (Å²) in [7, 11) is -3.96. The second kappa shape index (κ2) is 9.93. The summed E-state index contributed by atoms with van der Waals surface area (Å²) in [6.07, 6.45) is 1.49. The molecular weight excluding hydrogens is 426 g/mol. The molecule has 0 aliphatic rings. The molecule has 0 fully saturated rings. The zero-order valence-corrected chi connectivity index (χ0v) is 18.3. The van der Waals surface area contributed by atoms with Gasteiger partial charge >= 0.3 is 0 Å². The molecule has 0 unspecified atom stereocenters. The fraction of sp³-hybridized carbons (Fsp3) is 0.0833. The summed E-state index contributed by atoms with van der Waals surface area (Å²) in [5.74, 6) is -1.12. The molecule has 3 aromatic rings. The summed E-state index contributed by atoms with van der Waals surface area (Å²) in [4.78, 5) is 24.7. The summed E-state index contributed by atoms with van der Waals surface area (Å²) in [6, 6.07) is 21.1. The van der Waals surface area contributed by atoms with E-state index in [9.17, 15) is 18.0 Å². The highest BCUT2D eigenvalue weighted by atomic mass is 32.2. The number of para-hydroxylation sites is 1. The number of carbonyl (C=O) groups is 2. The Hall–Kier alpha value is -3.91. The first kappa shape index (κ1) is 22.8. The summed E-state index contributed by atoms with van der Waals surface area (Å²) >= 11 is 0. The van der Waals surface area contributed by atoms with Crippen LogP contribution in [0.5, 0.6) is 0 Å². The third-order valence-electron chi connectivity index (χ3n) is 4.63. The Kier molecular flexibility index (Phi) is 7.07. The van der Waals surface area contributed by atoms with Gasteiger partial charge in [0.1, 0.15) is 0 Å². The van der Waals surface area contributed by atoms with Crippen molar-refractivity contribution in [3.05, 3.63) is 108 Å². The van der Waals surface area contributed by atoms with Gasteiger partial charge < -0.3 is 0 Å². The standard InChI is InChI=1S/C24H23N3O4S/c1-3-16-27(21-9-5-4-6-10-21)32(30,31)22-11-7-8-20(17-22)24(29)26-25-23(28)19-14-12-18(2)13-15-19/h3-15,17H,1,16H2,2H3,(H,25,28)(H,26,29). The smallest absolute Gasteiger partial charge is 0.267 e. The normalized spacial score (nSPS) is 10.8. The van der Waals surface area contributed by atoms with Crippen LogP contribution in [0.4, 0.5) is 5.69 Å². The van der Waals surface area contributed by atoms with Gasteiger partial charge in [-0.25, -0.2) is 8.42 Å². The van der Waals surface area contributed by atoms with Crippen molar-refractivity contribution in [2.24, 2.45) is 0 Å². The third-order valence-corrected chi connectivity index (χ3v) is 6.42. The number of hydrogen-bond donors (Lipinski definition) is 2. The van der Waals surface area contributed by atoms with Crippen LogP contribution in [0.1, 0.15) is 26.3 Å². The van der Waals surface area contributed by atoms with Crippen LogP contribution in [0.15, 0.2) is 96.4 Å². The number of nitrogens with one attached hydrogen (secondary N) is 2. The van der Waals surface area contributed by atoms with Gasteiger partial charge in [0.15, 0.2) is 0 Å². The number of benzene rings is 3. The van der Waals surface area contributed by atoms with Crippen LogP contribution >= 0.6 is 0 Å². The highest BCUT2D eigenvalue weighted by Gasteiger charge is 2.25. The summed E-state index contributed by atoms with van der Waals surface area (Å²) < 4.78 is 27.7. The fourth-order valence-electron chi connectivity index (χ4n) is 2.94. The quantitative estimate of drug-likeness (QED) is 0.427. The van der Waals surface area contributed by atoms with Gasteiger partial charge in [0.2, 0.25) is 0 Å². The molecule has 0 spiro atoms. The second-order valence-corrected chi connectivity index (χ2v) is 8.82. The molecule has 164 valence electrons. The number of carbonyl (C=O) groups excluding carboxylic acids is 2. The third kappa shape index (κ3) is 5.22. The minimum Gasteiger partial charge on any atom is -0.267 e. The number of nitrogens with zero attached hydrogens (tertiary/aromatic N) is 1. The van der Waals surface area contributed by atoms with E-state index in [1.165, 1.54) is 34.6 Å². The molecule has 0 aromatic heterocycles. The number of anilines is 1. The van der Waals surface area contributed by atoms with Crippen molar-refractivity contribution in [2.75, 3.05) is 10.8 Å². The Morgan fingerprint density at radius 2 is 1.50 bits per heavy atom. The monoisotopic (exact) mass is 449 g/mol. The van der Waals surface area contributed by atoms with E-state index < -0.39 is 21.8 Å². The van der Waals surface area contributed by atoms with Crippen molar-refractivity contribution in [1.29, 1.82) is 0 Å². The minimum absolute atomic E-state index is 0.0549. The largest absolute Gasteiger partial charge is 0.269 e. The summed E-state index contributed by atoms with van der Waals surface area (Å²) in [5, 5.41) is 0. The molecule has 0 atom stereocenters. The number of rotatable bonds is 7. The summed E-state index contributed by atoms with van der Waals surface area (Å²) in [5.41, 5.74) is 6.60. The highest BCUT2D eigenvalue weighted by molar-refractivity contribution is 7.92. The van der Waals surface area contributed by atoms with E-state index in [2.05, 4.69) is 17.4 Å². The minimum atomic E-state index is -3.96. The predicted molar refractivity (Wildman–Crippen MR) is 124 cm³/mol. The molecule has 8 heteroatoms. The zero-order valence-electron chi connectivity index (χ0n) is 17.5. The Morgan fingerprint density at radius 3 is 2.12 bits per heavy atom. The van der Waals surface area contributed by atoms with Crippen molar-refractivity contribution >= 4 is 27.5 Å². The van der Waals surface area contributed by atoms with Crippen molar-refractivity contribution in [1.82, 2.24) is 10.9 Å². The molecule has 3 aromatic carbocycles. The molecule has 0 aliphatic carbocycles. The molecule has 0 bridgehead atoms. The number of hydrogen-bond acceptors (Lipinski definition) is 4. The number of sulfonamides is 1. The van der Waals surface area contributed by atoms with Gasteiger partial charge in [0.05, 0.1) is 17.1 Å². The van der Waals surface area contributed by atoms with Gasteiger partial charge in [0.25, 0.3) is 21.8 Å². The van der Waals surface area contributed by atoms with Crippen molar-refractivity contribution in [3.63, 3.8) is 0 Å². The van der Waals surface area contributed by atoms with Crippen molar-refractivity contribution < 1.29 is 18.0 Å². The molecule has 32 heavy (non-hydrogen) atoms. The topological polar surface area (TPSA) is 95.6 Å². The first-order valence-electron chi connectivity index (χ1n) is 9.79. The van der Waals surface area contributed by atoms with E-state index in [1.54, 1.807) is 54.6 Å². The van der Waals surface area contributed by atoms with Gasteiger partial charge in [-0.05, 0) is 49.4 Å². The molecule has 0 heterocycles. The zero-order chi connectivity index (χ0) is 23.1. The van der Waals surface area contributed by atoms with Crippen molar-refractivity contribution in [3.8, 4) is 0 Å². The predicted octanol–water partition coefficient (Wildman–Crippen LogP) is 3.45. The Balaban J connectivity index is 1.78. The van der Waals surface area contributed by atoms with E-state index in [0.29, 0.717) is 11.3 Å². The van der Waals surface area contributed by atoms with Crippen molar-refractivity contribution in [2.45, 2.75) is 11.8 Å². The Morgan fingerprint density at radius 1 is 0.875 bits per heavy atom. The van der Waals surface area contributed by atoms with Gasteiger partial charge in [-0.2, -0.15) is 0 Å². The lowest BCUT2D eigenvalue weighted by Crippen LogP contribution is -2.41. The molecule has 3 rings (SSSR count). The van der Waals surface area contributed by atoms with Crippen LogP contribution < -0.4 is 15.2 Å². The SMILES string of the molecule is C=CCN(c1ccccc1)S(=O)(=O)c1cccc(C(=O)NNC(=O)c2ccc(C)cc2)c1. The summed E-state index contributed by atoms with van der Waals surface area (Å²) in [6.45, 7) is 5.61. The lowest BCUT2D eigenvalue weighted by Gasteiger charge is -2.23. The molecule has 0 radical (unpaired) electrons. The van der Waals surface area contributed by atoms with Crippen LogP contribution in [0.25, 0.3) is 0 Å². The Labute approximate surface area is 187 Å². The number of hydrazine groups is 1. The average Bonchev–Trinajstić information content (AvgIpc) is 2.81. The van der Waals surface area contributed by atoms with E-state index in [-0.39, 0.29) is 17.0 Å². The number of aryl methyl sites for hydroxylation is 1. The fourth-order valence-corrected chi connectivity index (χ4v) is 4.42. The van der Waals surface area contributed by atoms with Gasteiger partial charge in [-0.3, -0.25) is 24.7 Å². The average molecular weight is 450 g/mol. The van der Waals surface area contributed by atoms with Crippen LogP contribution in [0.2, 0.25) is 0 Å². The van der Waals surface area contributed by atoms with E-state index in [4.69, 9.17) is 0 Å². The van der Waals surface area contributed by atoms with Crippen LogP contribution in [-0.2, 0) is 10.0 Å². The molecular formula is C24H23N3O4S. The van der Waals surface area contributed by atoms with Crippen LogP contribution in [0.3, 0.4) is 0 Å². The first-order chi connectivity index (χ1) is 15.3. The van der Waals surface area contributed by atoms with E-state index >= 15 is 0 Å². The maximum absolute atomic E-state index is 13.3. The first-order valence-corrected chi connectivity index (χ1v) is 11.2. The maximum Gasteiger partial charge on any atom is 0.269 e. The van der Waals surface area contributed by atoms with Gasteiger partial charge in [0, 0.05) is 11.1 Å². The molecule has 0 saturated carbocycles. The van der Waals surface area contributed by atoms with Gasteiger partial charge in [-0.15, -0.1) is 6.58 Å². The lowest BCUT2D eigenvalue weighted by molar-refractivity contribution is 0.0846. The highest BCUT2D eigenvalue weighted by Crippen LogP contribution is 2.24. The van der Waals surface area contributed by atoms with Crippen LogP contribution in [0, 0.1) is 6.92 Å². The second-order valence-electron chi connectivity index (χ2n) is 6.96. The molecule has 0 aliphatic heterocycles. The van der Waals surface area contributed by atoms with Crippen LogP contribution in [-0.4, -0.2) is 26.8 Å². The van der Waals surface area contributed by atoms with Gasteiger partial charge in [-0.1, -0.05) is 48.0 Å².